The van der Waals surface area contributed by atoms with Crippen molar-refractivity contribution >= 4 is 34.7 Å². The van der Waals surface area contributed by atoms with Crippen LogP contribution in [0, 0.1) is 0 Å². The normalized spacial score (nSPS) is 10.3. The van der Waals surface area contributed by atoms with Gasteiger partial charge in [-0.25, -0.2) is 0 Å². The first-order valence-corrected chi connectivity index (χ1v) is 8.28. The van der Waals surface area contributed by atoms with Crippen LogP contribution in [0.5, 0.6) is 0 Å². The van der Waals surface area contributed by atoms with Gasteiger partial charge in [0.2, 0.25) is 0 Å². The summed E-state index contributed by atoms with van der Waals surface area (Å²) in [6, 6.07) is 20.2. The zero-order chi connectivity index (χ0) is 17.6. The van der Waals surface area contributed by atoms with Crippen molar-refractivity contribution in [3.05, 3.63) is 77.4 Å². The molecule has 0 aliphatic rings. The number of halogens is 1. The van der Waals surface area contributed by atoms with Gasteiger partial charge in [0.05, 0.1) is 0 Å². The lowest BCUT2D eigenvalue weighted by Crippen LogP contribution is -2.31. The van der Waals surface area contributed by atoms with Crippen LogP contribution in [-0.4, -0.2) is 22.6 Å². The van der Waals surface area contributed by atoms with Crippen molar-refractivity contribution in [3.63, 3.8) is 0 Å². The highest BCUT2D eigenvalue weighted by Gasteiger charge is 2.17. The number of hydrogen-bond acceptors (Lipinski definition) is 4. The summed E-state index contributed by atoms with van der Waals surface area (Å²) in [6.07, 6.45) is 0. The van der Waals surface area contributed by atoms with Crippen LogP contribution in [0.15, 0.2) is 66.7 Å². The minimum atomic E-state index is -0.185. The molecule has 0 aliphatic carbocycles. The molecular weight excluding hydrogens is 336 g/mol. The Morgan fingerprint density at radius 3 is 2.48 bits per heavy atom. The number of benzene rings is 2. The average Bonchev–Trinajstić information content (AvgIpc) is 2.64. The molecule has 25 heavy (non-hydrogen) atoms. The zero-order valence-electron chi connectivity index (χ0n) is 13.7. The maximum Gasteiger partial charge on any atom is 0.278 e. The molecule has 6 heteroatoms. The van der Waals surface area contributed by atoms with Crippen LogP contribution in [0.4, 0.5) is 17.2 Å². The molecule has 1 amide bonds. The molecule has 0 aliphatic heterocycles. The molecule has 126 valence electrons. The maximum absolute atomic E-state index is 12.7. The van der Waals surface area contributed by atoms with Gasteiger partial charge in [-0.2, -0.15) is 0 Å². The Morgan fingerprint density at radius 2 is 1.84 bits per heavy atom. The number of nitrogens with zero attached hydrogens (tertiary/aromatic N) is 3. The first kappa shape index (κ1) is 16.9. The lowest BCUT2D eigenvalue weighted by Gasteiger charge is -2.20. The Kier molecular flexibility index (Phi) is 5.26. The smallest absolute Gasteiger partial charge is 0.278 e. The Hall–Kier alpha value is -2.92. The summed E-state index contributed by atoms with van der Waals surface area (Å²) in [5.41, 5.74) is 1.93. The fraction of sp³-hybridized carbons (Fsp3) is 0.105. The van der Waals surface area contributed by atoms with Crippen molar-refractivity contribution < 1.29 is 4.79 Å². The number of carbonyl (C=O) groups excluding carboxylic acids is 1. The van der Waals surface area contributed by atoms with E-state index in [1.807, 2.05) is 49.4 Å². The van der Waals surface area contributed by atoms with Crippen LogP contribution in [0.25, 0.3) is 0 Å². The van der Waals surface area contributed by atoms with Gasteiger partial charge in [-0.15, -0.1) is 10.2 Å². The number of para-hydroxylation sites is 1. The second-order valence-electron chi connectivity index (χ2n) is 5.32. The van der Waals surface area contributed by atoms with E-state index in [4.69, 9.17) is 11.6 Å². The molecule has 0 fully saturated rings. The van der Waals surface area contributed by atoms with Gasteiger partial charge in [0.15, 0.2) is 11.5 Å². The molecule has 1 aromatic heterocycles. The van der Waals surface area contributed by atoms with Crippen LogP contribution in [0.3, 0.4) is 0 Å². The second kappa shape index (κ2) is 7.77. The standard InChI is InChI=1S/C19H17ClN4O/c1-2-24(16-9-4-3-5-10-16)19(25)17-11-12-18(23-22-17)21-15-8-6-7-14(20)13-15/h3-13H,2H2,1H3,(H,21,23). The number of aromatic nitrogens is 2. The van der Waals surface area contributed by atoms with Gasteiger partial charge in [0.25, 0.3) is 5.91 Å². The monoisotopic (exact) mass is 352 g/mol. The van der Waals surface area contributed by atoms with E-state index in [2.05, 4.69) is 15.5 Å². The molecule has 0 atom stereocenters. The lowest BCUT2D eigenvalue weighted by molar-refractivity contribution is 0.0982. The Bertz CT molecular complexity index is 853. The molecule has 3 aromatic rings. The molecule has 0 saturated heterocycles. The highest BCUT2D eigenvalue weighted by atomic mass is 35.5. The summed E-state index contributed by atoms with van der Waals surface area (Å²) in [5, 5.41) is 11.9. The number of carbonyl (C=O) groups is 1. The van der Waals surface area contributed by atoms with Crippen LogP contribution in [0.1, 0.15) is 17.4 Å². The number of rotatable bonds is 5. The van der Waals surface area contributed by atoms with Crippen molar-refractivity contribution in [2.75, 3.05) is 16.8 Å². The van der Waals surface area contributed by atoms with Crippen LogP contribution in [0.2, 0.25) is 5.02 Å². The van der Waals surface area contributed by atoms with Gasteiger partial charge in [-0.1, -0.05) is 35.9 Å². The summed E-state index contributed by atoms with van der Waals surface area (Å²) < 4.78 is 0. The minimum absolute atomic E-state index is 0.185. The Balaban J connectivity index is 1.76. The molecule has 0 saturated carbocycles. The number of anilines is 3. The van der Waals surface area contributed by atoms with Crippen molar-refractivity contribution in [3.8, 4) is 0 Å². The summed E-state index contributed by atoms with van der Waals surface area (Å²) in [4.78, 5) is 14.3. The van der Waals surface area contributed by atoms with Crippen molar-refractivity contribution in [1.82, 2.24) is 10.2 Å². The first-order valence-electron chi connectivity index (χ1n) is 7.90. The van der Waals surface area contributed by atoms with Crippen molar-refractivity contribution in [2.24, 2.45) is 0 Å². The summed E-state index contributed by atoms with van der Waals surface area (Å²) in [5.74, 6) is 0.358. The van der Waals surface area contributed by atoms with E-state index in [9.17, 15) is 4.79 Å². The maximum atomic E-state index is 12.7. The molecule has 0 unspecified atom stereocenters. The molecule has 1 N–H and O–H groups in total. The molecule has 2 aromatic carbocycles. The first-order chi connectivity index (χ1) is 12.2. The third-order valence-electron chi connectivity index (χ3n) is 3.61. The molecule has 3 rings (SSSR count). The third-order valence-corrected chi connectivity index (χ3v) is 3.85. The fourth-order valence-electron chi connectivity index (χ4n) is 2.42. The lowest BCUT2D eigenvalue weighted by atomic mass is 10.2. The number of nitrogens with one attached hydrogen (secondary N) is 1. The summed E-state index contributed by atoms with van der Waals surface area (Å²) >= 11 is 5.96. The average molecular weight is 353 g/mol. The van der Waals surface area contributed by atoms with Gasteiger partial charge >= 0.3 is 0 Å². The fourth-order valence-corrected chi connectivity index (χ4v) is 2.61. The minimum Gasteiger partial charge on any atom is -0.339 e. The van der Waals surface area contributed by atoms with E-state index in [0.717, 1.165) is 11.4 Å². The summed E-state index contributed by atoms with van der Waals surface area (Å²) in [7, 11) is 0. The molecular formula is C19H17ClN4O. The van der Waals surface area contributed by atoms with E-state index in [-0.39, 0.29) is 5.91 Å². The van der Waals surface area contributed by atoms with Gasteiger partial charge in [-0.3, -0.25) is 4.79 Å². The molecule has 1 heterocycles. The molecule has 0 radical (unpaired) electrons. The second-order valence-corrected chi connectivity index (χ2v) is 5.76. The Labute approximate surface area is 151 Å². The SMILES string of the molecule is CCN(C(=O)c1ccc(Nc2cccc(Cl)c2)nn1)c1ccccc1. The van der Waals surface area contributed by atoms with Crippen LogP contribution < -0.4 is 10.2 Å². The molecule has 0 spiro atoms. The topological polar surface area (TPSA) is 58.1 Å². The van der Waals surface area contributed by atoms with Gasteiger partial charge in [0, 0.05) is 22.9 Å². The number of hydrogen-bond donors (Lipinski definition) is 1. The van der Waals surface area contributed by atoms with E-state index < -0.39 is 0 Å². The van der Waals surface area contributed by atoms with Gasteiger partial charge in [-0.05, 0) is 49.4 Å². The predicted octanol–water partition coefficient (Wildman–Crippen LogP) is 4.54. The Morgan fingerprint density at radius 1 is 1.04 bits per heavy atom. The van der Waals surface area contributed by atoms with E-state index >= 15 is 0 Å². The molecule has 5 nitrogen and oxygen atoms in total. The largest absolute Gasteiger partial charge is 0.339 e. The van der Waals surface area contributed by atoms with E-state index in [1.165, 1.54) is 0 Å². The van der Waals surface area contributed by atoms with E-state index in [0.29, 0.717) is 23.1 Å². The molecule has 0 bridgehead atoms. The number of amides is 1. The van der Waals surface area contributed by atoms with Gasteiger partial charge in [0.1, 0.15) is 0 Å². The van der Waals surface area contributed by atoms with Crippen LogP contribution >= 0.6 is 11.6 Å². The van der Waals surface area contributed by atoms with Crippen molar-refractivity contribution in [1.29, 1.82) is 0 Å². The highest BCUT2D eigenvalue weighted by Crippen LogP contribution is 2.19. The van der Waals surface area contributed by atoms with Gasteiger partial charge < -0.3 is 10.2 Å². The predicted molar refractivity (Wildman–Crippen MR) is 101 cm³/mol. The summed E-state index contributed by atoms with van der Waals surface area (Å²) in [6.45, 7) is 2.47. The van der Waals surface area contributed by atoms with E-state index in [1.54, 1.807) is 29.2 Å². The highest BCUT2D eigenvalue weighted by molar-refractivity contribution is 6.30. The zero-order valence-corrected chi connectivity index (χ0v) is 14.4. The third kappa shape index (κ3) is 4.14. The van der Waals surface area contributed by atoms with Crippen LogP contribution in [-0.2, 0) is 0 Å². The van der Waals surface area contributed by atoms with Crippen molar-refractivity contribution in [2.45, 2.75) is 6.92 Å². The quantitative estimate of drug-likeness (QED) is 0.732.